The van der Waals surface area contributed by atoms with Gasteiger partial charge in [0.15, 0.2) is 0 Å². The van der Waals surface area contributed by atoms with Crippen molar-refractivity contribution in [3.05, 3.63) is 0 Å². The summed E-state index contributed by atoms with van der Waals surface area (Å²) in [6.45, 7) is 1.29. The Labute approximate surface area is 70.1 Å². The highest BCUT2D eigenvalue weighted by Crippen LogP contribution is 1.74. The largest absolute Gasteiger partial charge is 0.468 e. The summed E-state index contributed by atoms with van der Waals surface area (Å²) in [5.41, 5.74) is 0. The van der Waals surface area contributed by atoms with Gasteiger partial charge in [0.1, 0.15) is 0 Å². The molecular weight excluding hydrogens is 176 g/mol. The van der Waals surface area contributed by atoms with E-state index in [0.717, 1.165) is 0 Å². The minimum Gasteiger partial charge on any atom is -0.468 e. The van der Waals surface area contributed by atoms with Crippen LogP contribution in [0.15, 0.2) is 0 Å². The first-order valence-corrected chi connectivity index (χ1v) is 3.39. The molecule has 0 N–H and O–H groups in total. The van der Waals surface area contributed by atoms with Gasteiger partial charge in [0.25, 0.3) is 0 Å². The lowest BCUT2D eigenvalue weighted by Crippen LogP contribution is -1.99. The summed E-state index contributed by atoms with van der Waals surface area (Å²) >= 11 is 8.26. The maximum Gasteiger partial charge on any atom is 0.315 e. The van der Waals surface area contributed by atoms with Gasteiger partial charge in [-0.2, -0.15) is 12.6 Å². The molecule has 0 aliphatic heterocycles. The standard InChI is InChI=1S/C3H6O2S.C2H3ClO/c1-5-3(4)2-6;1-2(3)4/h6H,2H2,1H3;1H3. The molecule has 0 unspecified atom stereocenters. The zero-order valence-electron chi connectivity index (χ0n) is 5.76. The van der Waals surface area contributed by atoms with Crippen LogP contribution in [0.3, 0.4) is 0 Å². The van der Waals surface area contributed by atoms with Crippen LogP contribution in [0.5, 0.6) is 0 Å². The number of esters is 1. The van der Waals surface area contributed by atoms with Gasteiger partial charge in [0.2, 0.25) is 5.24 Å². The van der Waals surface area contributed by atoms with Crippen molar-refractivity contribution in [2.24, 2.45) is 0 Å². The smallest absolute Gasteiger partial charge is 0.315 e. The lowest BCUT2D eigenvalue weighted by atomic mass is 10.8. The summed E-state index contributed by atoms with van der Waals surface area (Å²) in [6, 6.07) is 0. The second-order valence-electron chi connectivity index (χ2n) is 1.20. The number of rotatable bonds is 1. The summed E-state index contributed by atoms with van der Waals surface area (Å²) in [6.07, 6.45) is 0. The molecule has 0 bridgehead atoms. The van der Waals surface area contributed by atoms with Gasteiger partial charge in [-0.15, -0.1) is 0 Å². The Hall–Kier alpha value is -0.220. The zero-order valence-corrected chi connectivity index (χ0v) is 7.41. The Kier molecular flexibility index (Phi) is 10.9. The van der Waals surface area contributed by atoms with Crippen molar-refractivity contribution in [3.8, 4) is 0 Å². The molecule has 0 radical (unpaired) electrons. The Bertz CT molecular complexity index is 105. The second-order valence-corrected chi connectivity index (χ2v) is 2.05. The molecule has 0 aliphatic carbocycles. The van der Waals surface area contributed by atoms with Crippen LogP contribution in [0.4, 0.5) is 0 Å². The van der Waals surface area contributed by atoms with Gasteiger partial charge in [-0.1, -0.05) is 0 Å². The van der Waals surface area contributed by atoms with E-state index in [2.05, 4.69) is 29.0 Å². The van der Waals surface area contributed by atoms with Crippen LogP contribution in [0.2, 0.25) is 0 Å². The molecule has 0 saturated heterocycles. The molecule has 0 aromatic carbocycles. The van der Waals surface area contributed by atoms with Gasteiger partial charge < -0.3 is 4.74 Å². The normalized spacial score (nSPS) is 7.20. The molecular formula is C5H9ClO3S. The van der Waals surface area contributed by atoms with Crippen molar-refractivity contribution in [1.29, 1.82) is 0 Å². The number of thiol groups is 1. The molecule has 0 spiro atoms. The molecule has 0 atom stereocenters. The number of methoxy groups -OCH3 is 1. The average Bonchev–Trinajstić information content (AvgIpc) is 1.85. The van der Waals surface area contributed by atoms with Crippen molar-refractivity contribution in [3.63, 3.8) is 0 Å². The molecule has 3 nitrogen and oxygen atoms in total. The monoisotopic (exact) mass is 184 g/mol. The van der Waals surface area contributed by atoms with E-state index in [4.69, 9.17) is 0 Å². The van der Waals surface area contributed by atoms with E-state index in [1.54, 1.807) is 0 Å². The zero-order chi connectivity index (χ0) is 8.57. The molecule has 0 aromatic heterocycles. The minimum absolute atomic E-state index is 0.163. The molecule has 0 aromatic rings. The highest BCUT2D eigenvalue weighted by atomic mass is 35.5. The van der Waals surface area contributed by atoms with Crippen LogP contribution < -0.4 is 0 Å². The maximum atomic E-state index is 9.88. The number of halogens is 1. The first-order valence-electron chi connectivity index (χ1n) is 2.38. The highest BCUT2D eigenvalue weighted by molar-refractivity contribution is 7.81. The Balaban J connectivity index is 0. The number of carbonyl (C=O) groups is 2. The van der Waals surface area contributed by atoms with Crippen LogP contribution in [0.1, 0.15) is 6.92 Å². The van der Waals surface area contributed by atoms with E-state index in [1.807, 2.05) is 0 Å². The van der Waals surface area contributed by atoms with E-state index in [-0.39, 0.29) is 17.0 Å². The molecule has 0 aliphatic rings. The van der Waals surface area contributed by atoms with Crippen LogP contribution in [-0.4, -0.2) is 24.1 Å². The Morgan fingerprint density at radius 3 is 1.90 bits per heavy atom. The van der Waals surface area contributed by atoms with Gasteiger partial charge in [0, 0.05) is 6.92 Å². The van der Waals surface area contributed by atoms with Crippen molar-refractivity contribution in [1.82, 2.24) is 0 Å². The minimum atomic E-state index is -0.361. The average molecular weight is 185 g/mol. The summed E-state index contributed by atoms with van der Waals surface area (Å²) in [5, 5.41) is -0.361. The first-order chi connectivity index (χ1) is 4.54. The van der Waals surface area contributed by atoms with Crippen molar-refractivity contribution in [2.45, 2.75) is 6.92 Å². The molecule has 0 fully saturated rings. The van der Waals surface area contributed by atoms with Gasteiger partial charge in [-0.25, -0.2) is 0 Å². The number of carbonyl (C=O) groups excluding carboxylic acids is 2. The fraction of sp³-hybridized carbons (Fsp3) is 0.600. The van der Waals surface area contributed by atoms with E-state index in [9.17, 15) is 9.59 Å². The fourth-order valence-corrected chi connectivity index (χ4v) is 0.194. The van der Waals surface area contributed by atoms with E-state index in [1.165, 1.54) is 14.0 Å². The third-order valence-corrected chi connectivity index (χ3v) is 0.615. The summed E-state index contributed by atoms with van der Waals surface area (Å²) in [4.78, 5) is 19.1. The Morgan fingerprint density at radius 2 is 1.90 bits per heavy atom. The summed E-state index contributed by atoms with van der Waals surface area (Å²) < 4.78 is 4.18. The predicted octanol–water partition coefficient (Wildman–Crippen LogP) is 0.861. The van der Waals surface area contributed by atoms with Crippen molar-refractivity contribution in [2.75, 3.05) is 12.9 Å². The molecule has 0 saturated carbocycles. The van der Waals surface area contributed by atoms with E-state index >= 15 is 0 Å². The van der Waals surface area contributed by atoms with Crippen LogP contribution >= 0.6 is 24.2 Å². The SMILES string of the molecule is CC(=O)Cl.COC(=O)CS. The fourth-order valence-electron chi connectivity index (χ4n) is 0.0645. The number of ether oxygens (including phenoxy) is 1. The molecule has 0 amide bonds. The van der Waals surface area contributed by atoms with Gasteiger partial charge in [-0.05, 0) is 11.6 Å². The van der Waals surface area contributed by atoms with E-state index < -0.39 is 0 Å². The van der Waals surface area contributed by atoms with Crippen LogP contribution in [0.25, 0.3) is 0 Å². The second kappa shape index (κ2) is 8.78. The predicted molar refractivity (Wildman–Crippen MR) is 42.4 cm³/mol. The van der Waals surface area contributed by atoms with Crippen LogP contribution in [0, 0.1) is 0 Å². The summed E-state index contributed by atoms with van der Waals surface area (Å²) in [5.74, 6) is -0.130. The summed E-state index contributed by atoms with van der Waals surface area (Å²) in [7, 11) is 1.33. The van der Waals surface area contributed by atoms with Gasteiger partial charge in [-0.3, -0.25) is 9.59 Å². The molecule has 60 valence electrons. The van der Waals surface area contributed by atoms with Crippen molar-refractivity contribution >= 4 is 35.4 Å². The first kappa shape index (κ1) is 12.5. The quantitative estimate of drug-likeness (QED) is 0.374. The molecule has 10 heavy (non-hydrogen) atoms. The van der Waals surface area contributed by atoms with Crippen molar-refractivity contribution < 1.29 is 14.3 Å². The highest BCUT2D eigenvalue weighted by Gasteiger charge is 1.88. The third-order valence-electron chi connectivity index (χ3n) is 0.357. The molecule has 0 heterocycles. The number of hydrogen-bond acceptors (Lipinski definition) is 4. The lowest BCUT2D eigenvalue weighted by Gasteiger charge is -1.86. The number of hydrogen-bond donors (Lipinski definition) is 1. The van der Waals surface area contributed by atoms with Gasteiger partial charge >= 0.3 is 5.97 Å². The van der Waals surface area contributed by atoms with E-state index in [0.29, 0.717) is 0 Å². The molecule has 0 rings (SSSR count). The topological polar surface area (TPSA) is 43.4 Å². The lowest BCUT2D eigenvalue weighted by molar-refractivity contribution is -0.137. The molecule has 5 heteroatoms. The van der Waals surface area contributed by atoms with Crippen LogP contribution in [-0.2, 0) is 14.3 Å². The maximum absolute atomic E-state index is 9.88. The third kappa shape index (κ3) is 25.0. The Morgan fingerprint density at radius 1 is 1.60 bits per heavy atom. The van der Waals surface area contributed by atoms with Gasteiger partial charge in [0.05, 0.1) is 12.9 Å².